The predicted molar refractivity (Wildman–Crippen MR) is 47.5 cm³/mol. The summed E-state index contributed by atoms with van der Waals surface area (Å²) >= 11 is 4.37. The third-order valence-electron chi connectivity index (χ3n) is 1.30. The summed E-state index contributed by atoms with van der Waals surface area (Å²) in [5, 5.41) is 11.3. The predicted octanol–water partition coefficient (Wildman–Crippen LogP) is 1.09. The van der Waals surface area contributed by atoms with E-state index in [0.717, 1.165) is 6.54 Å². The number of hydrogen-bond acceptors (Lipinski definition) is 3. The Bertz CT molecular complexity index is 265. The molecule has 0 amide bonds. The zero-order valence-electron chi connectivity index (χ0n) is 6.61. The number of aromatic amines is 1. The van der Waals surface area contributed by atoms with Crippen LogP contribution < -0.4 is 0 Å². The van der Waals surface area contributed by atoms with Crippen LogP contribution in [-0.4, -0.2) is 34.9 Å². The summed E-state index contributed by atoms with van der Waals surface area (Å²) < 4.78 is 2.37. The van der Waals surface area contributed by atoms with Crippen LogP contribution in [0.4, 0.5) is 0 Å². The molecule has 6 heteroatoms. The van der Waals surface area contributed by atoms with Gasteiger partial charge in [-0.15, -0.1) is 0 Å². The van der Waals surface area contributed by atoms with Gasteiger partial charge in [-0.25, -0.2) is 0 Å². The van der Waals surface area contributed by atoms with E-state index in [0.29, 0.717) is 4.77 Å². The first-order chi connectivity index (χ1) is 5.20. The van der Waals surface area contributed by atoms with Gasteiger partial charge in [-0.2, -0.15) is 0 Å². The van der Waals surface area contributed by atoms with Gasteiger partial charge in [0.1, 0.15) is 0 Å². The summed E-state index contributed by atoms with van der Waals surface area (Å²) in [6.07, 6.45) is 0. The Hall–Kier alpha value is -0.152. The average molecular weight is 234 g/mol. The third-order valence-corrected chi connectivity index (χ3v) is 3.90. The minimum atomic E-state index is -0.537. The summed E-state index contributed by atoms with van der Waals surface area (Å²) in [7, 11) is 0. The molecule has 0 fully saturated rings. The molecule has 4 nitrogen and oxygen atoms in total. The number of tetrazole rings is 1. The first kappa shape index (κ1) is 8.94. The third kappa shape index (κ3) is 2.75. The van der Waals surface area contributed by atoms with E-state index >= 15 is 0 Å². The molecule has 0 aliphatic heterocycles. The van der Waals surface area contributed by atoms with Crippen LogP contribution in [0.5, 0.6) is 0 Å². The minimum absolute atomic E-state index is 0.537. The molecule has 1 aromatic rings. The Kier molecular flexibility index (Phi) is 3.27. The second kappa shape index (κ2) is 4.02. The topological polar surface area (TPSA) is 46.5 Å². The van der Waals surface area contributed by atoms with Gasteiger partial charge in [0.05, 0.1) is 0 Å². The summed E-state index contributed by atoms with van der Waals surface area (Å²) in [5.74, 6) is 0. The van der Waals surface area contributed by atoms with Crippen molar-refractivity contribution in [2.24, 2.45) is 0 Å². The molecule has 0 atom stereocenters. The van der Waals surface area contributed by atoms with Crippen LogP contribution in [-0.2, 0) is 6.54 Å². The van der Waals surface area contributed by atoms with Crippen molar-refractivity contribution in [2.45, 2.75) is 23.2 Å². The molecule has 0 aliphatic carbocycles. The van der Waals surface area contributed by atoms with Crippen molar-refractivity contribution < 1.29 is 0 Å². The van der Waals surface area contributed by atoms with E-state index in [1.54, 1.807) is 0 Å². The van der Waals surface area contributed by atoms with Crippen LogP contribution in [0.2, 0.25) is 16.6 Å². The van der Waals surface area contributed by atoms with Crippen LogP contribution in [0.15, 0.2) is 0 Å². The number of aromatic nitrogens is 4. The van der Waals surface area contributed by atoms with Crippen molar-refractivity contribution in [3.05, 3.63) is 4.77 Å². The van der Waals surface area contributed by atoms with Gasteiger partial charge < -0.3 is 0 Å². The summed E-state index contributed by atoms with van der Waals surface area (Å²) in [5.41, 5.74) is 4.64. The van der Waals surface area contributed by atoms with Gasteiger partial charge in [-0.3, -0.25) is 0 Å². The van der Waals surface area contributed by atoms with Crippen LogP contribution in [0.1, 0.15) is 0 Å². The van der Waals surface area contributed by atoms with E-state index < -0.39 is 14.7 Å². The zero-order valence-corrected chi connectivity index (χ0v) is 9.30. The molecule has 0 saturated carbocycles. The summed E-state index contributed by atoms with van der Waals surface area (Å²) in [4.78, 5) is 0. The van der Waals surface area contributed by atoms with E-state index in [-0.39, 0.29) is 0 Å². The summed E-state index contributed by atoms with van der Waals surface area (Å²) in [6, 6.07) is 0. The molecule has 1 N–H and O–H groups in total. The Morgan fingerprint density at radius 1 is 1.64 bits per heavy atom. The zero-order chi connectivity index (χ0) is 8.27. The number of rotatable bonds is 3. The Morgan fingerprint density at radius 3 is 2.82 bits per heavy atom. The number of hydrogen-bond donors (Lipinski definition) is 1. The van der Waals surface area contributed by atoms with E-state index in [2.05, 4.69) is 26.9 Å². The fourth-order valence-corrected chi connectivity index (χ4v) is 2.09. The van der Waals surface area contributed by atoms with Crippen molar-refractivity contribution in [1.29, 1.82) is 0 Å². The molecule has 11 heavy (non-hydrogen) atoms. The van der Waals surface area contributed by atoms with Crippen LogP contribution in [0.25, 0.3) is 0 Å². The molecule has 0 aliphatic rings. The monoisotopic (exact) mass is 234 g/mol. The van der Waals surface area contributed by atoms with Crippen LogP contribution in [0, 0.1) is 4.77 Å². The van der Waals surface area contributed by atoms with Crippen molar-refractivity contribution in [3.8, 4) is 0 Å². The van der Waals surface area contributed by atoms with E-state index in [4.69, 9.17) is 12.2 Å². The maximum absolute atomic E-state index is 4.91. The Balaban J connectivity index is 2.51. The average Bonchev–Trinajstić information content (AvgIpc) is 2.31. The first-order valence-electron chi connectivity index (χ1n) is 3.33. The second-order valence-corrected chi connectivity index (χ2v) is 8.37. The fourth-order valence-electron chi connectivity index (χ4n) is 0.662. The number of nitrogens with zero attached hydrogens (tertiary/aromatic N) is 3. The molecule has 0 radical (unpaired) electrons. The van der Waals surface area contributed by atoms with E-state index in [1.165, 1.54) is 5.21 Å². The van der Waals surface area contributed by atoms with Crippen LogP contribution >= 0.6 is 12.2 Å². The van der Waals surface area contributed by atoms with Gasteiger partial charge in [0, 0.05) is 0 Å². The van der Waals surface area contributed by atoms with Crippen LogP contribution in [0.3, 0.4) is 0 Å². The van der Waals surface area contributed by atoms with Gasteiger partial charge >= 0.3 is 75.0 Å². The molecule has 1 aromatic heterocycles. The van der Waals surface area contributed by atoms with Crippen molar-refractivity contribution in [3.63, 3.8) is 0 Å². The van der Waals surface area contributed by atoms with Crippen molar-refractivity contribution in [2.75, 3.05) is 0 Å². The van der Waals surface area contributed by atoms with Crippen molar-refractivity contribution in [1.82, 2.24) is 20.2 Å². The van der Waals surface area contributed by atoms with Gasteiger partial charge in [0.2, 0.25) is 0 Å². The number of nitrogens with one attached hydrogen (secondary N) is 1. The molecule has 0 unspecified atom stereocenters. The normalized spacial score (nSPS) is 10.8. The molecule has 0 saturated heterocycles. The van der Waals surface area contributed by atoms with Gasteiger partial charge in [-0.1, -0.05) is 0 Å². The Labute approximate surface area is 75.2 Å². The SMILES string of the molecule is C[As](C)CCn1[nH]nnc1=S. The molecule has 0 bridgehead atoms. The maximum atomic E-state index is 4.91. The molecular formula is C5H11AsN4S. The molecule has 1 rings (SSSR count). The second-order valence-electron chi connectivity index (χ2n) is 2.54. The van der Waals surface area contributed by atoms with Crippen molar-refractivity contribution >= 4 is 26.9 Å². The molecule has 0 spiro atoms. The number of aryl methyl sites for hydroxylation is 1. The molecule has 1 heterocycles. The summed E-state index contributed by atoms with van der Waals surface area (Å²) in [6.45, 7) is 0.943. The number of H-pyrrole nitrogens is 1. The first-order valence-corrected chi connectivity index (χ1v) is 8.81. The quantitative estimate of drug-likeness (QED) is 0.629. The van der Waals surface area contributed by atoms with Gasteiger partial charge in [0.15, 0.2) is 0 Å². The van der Waals surface area contributed by atoms with Gasteiger partial charge in [0.25, 0.3) is 0 Å². The van der Waals surface area contributed by atoms with E-state index in [9.17, 15) is 0 Å². The van der Waals surface area contributed by atoms with Gasteiger partial charge in [-0.05, 0) is 0 Å². The molecular weight excluding hydrogens is 223 g/mol. The molecule has 0 aromatic carbocycles. The van der Waals surface area contributed by atoms with E-state index in [1.807, 2.05) is 4.68 Å². The standard InChI is InChI=1S/C5H11AsN4S/c1-6(2)3-4-10-5(11)7-8-9-10/h3-4H2,1-2H3,(H,7,9,11). The fraction of sp³-hybridized carbons (Fsp3) is 0.800. The Morgan fingerprint density at radius 2 is 2.36 bits per heavy atom. The molecule has 62 valence electrons.